The van der Waals surface area contributed by atoms with Crippen LogP contribution in [0.25, 0.3) is 0 Å². The molecule has 0 amide bonds. The van der Waals surface area contributed by atoms with Gasteiger partial charge in [0.25, 0.3) is 0 Å². The molecule has 110 valence electrons. The molecule has 0 aliphatic heterocycles. The number of rotatable bonds is 4. The fourth-order valence-electron chi connectivity index (χ4n) is 1.70. The van der Waals surface area contributed by atoms with Crippen molar-refractivity contribution < 1.29 is 17.9 Å². The van der Waals surface area contributed by atoms with Gasteiger partial charge < -0.3 is 4.74 Å². The molecule has 0 fully saturated rings. The van der Waals surface area contributed by atoms with Gasteiger partial charge in [0.1, 0.15) is 6.61 Å². The average molecular weight is 369 g/mol. The summed E-state index contributed by atoms with van der Waals surface area (Å²) >= 11 is 3.34. The van der Waals surface area contributed by atoms with Gasteiger partial charge in [0, 0.05) is 10.7 Å². The number of halogens is 1. The predicted octanol–water partition coefficient (Wildman–Crippen LogP) is 3.21. The third-order valence-electron chi connectivity index (χ3n) is 2.78. The molecule has 21 heavy (non-hydrogen) atoms. The molecule has 0 bridgehead atoms. The van der Waals surface area contributed by atoms with Crippen LogP contribution in [0.3, 0.4) is 0 Å². The molecule has 0 aliphatic carbocycles. The van der Waals surface area contributed by atoms with Crippen LogP contribution in [0.4, 0.5) is 0 Å². The first-order chi connectivity index (χ1) is 9.86. The Morgan fingerprint density at radius 1 is 1.14 bits per heavy atom. The topological polar surface area (TPSA) is 60.4 Å². The number of esters is 1. The van der Waals surface area contributed by atoms with Crippen LogP contribution >= 0.6 is 15.9 Å². The molecular weight excluding hydrogens is 356 g/mol. The minimum atomic E-state index is -3.26. The molecule has 2 aromatic carbocycles. The van der Waals surface area contributed by atoms with E-state index in [0.29, 0.717) is 5.56 Å². The molecule has 0 saturated heterocycles. The van der Waals surface area contributed by atoms with E-state index in [9.17, 15) is 13.2 Å². The third-order valence-corrected chi connectivity index (χ3v) is 4.40. The molecule has 0 spiro atoms. The van der Waals surface area contributed by atoms with Gasteiger partial charge in [-0.25, -0.2) is 13.2 Å². The first kappa shape index (κ1) is 15.7. The molecular formula is C15H13BrO4S. The molecule has 2 aromatic rings. The number of carbonyl (C=O) groups excluding carboxylic acids is 1. The SMILES string of the molecule is CS(=O)(=O)c1ccc(C(=O)OCc2cccc(Br)c2)cc1. The minimum Gasteiger partial charge on any atom is -0.457 e. The third kappa shape index (κ3) is 4.41. The first-order valence-electron chi connectivity index (χ1n) is 6.08. The fourth-order valence-corrected chi connectivity index (χ4v) is 2.77. The summed E-state index contributed by atoms with van der Waals surface area (Å²) < 4.78 is 28.8. The second-order valence-electron chi connectivity index (χ2n) is 4.50. The summed E-state index contributed by atoms with van der Waals surface area (Å²) in [5, 5.41) is 0. The maximum Gasteiger partial charge on any atom is 0.338 e. The molecule has 0 atom stereocenters. The molecule has 6 heteroatoms. The minimum absolute atomic E-state index is 0.159. The lowest BCUT2D eigenvalue weighted by molar-refractivity contribution is 0.0472. The predicted molar refractivity (Wildman–Crippen MR) is 82.8 cm³/mol. The Labute approximate surface area is 131 Å². The van der Waals surface area contributed by atoms with Gasteiger partial charge in [-0.15, -0.1) is 0 Å². The quantitative estimate of drug-likeness (QED) is 0.777. The van der Waals surface area contributed by atoms with Crippen LogP contribution in [0.5, 0.6) is 0 Å². The van der Waals surface area contributed by atoms with E-state index in [0.717, 1.165) is 16.3 Å². The van der Waals surface area contributed by atoms with Crippen LogP contribution in [-0.2, 0) is 21.2 Å². The normalized spacial score (nSPS) is 11.1. The smallest absolute Gasteiger partial charge is 0.338 e. The summed E-state index contributed by atoms with van der Waals surface area (Å²) in [6.45, 7) is 0.159. The van der Waals surface area contributed by atoms with Crippen molar-refractivity contribution in [2.24, 2.45) is 0 Å². The van der Waals surface area contributed by atoms with Gasteiger partial charge in [0.15, 0.2) is 9.84 Å². The largest absolute Gasteiger partial charge is 0.457 e. The van der Waals surface area contributed by atoms with E-state index < -0.39 is 15.8 Å². The standard InChI is InChI=1S/C15H13BrO4S/c1-21(18,19)14-7-5-12(6-8-14)15(17)20-10-11-3-2-4-13(16)9-11/h2-9H,10H2,1H3. The maximum atomic E-state index is 11.9. The molecule has 0 saturated carbocycles. The second-order valence-corrected chi connectivity index (χ2v) is 7.43. The summed E-state index contributed by atoms with van der Waals surface area (Å²) in [5.74, 6) is -0.491. The maximum absolute atomic E-state index is 11.9. The van der Waals surface area contributed by atoms with E-state index in [-0.39, 0.29) is 11.5 Å². The Bertz CT molecular complexity index is 751. The Kier molecular flexibility index (Phi) is 4.80. The zero-order valence-electron chi connectivity index (χ0n) is 11.2. The van der Waals surface area contributed by atoms with E-state index in [1.807, 2.05) is 24.3 Å². The van der Waals surface area contributed by atoms with Crippen molar-refractivity contribution in [2.45, 2.75) is 11.5 Å². The molecule has 0 aromatic heterocycles. The lowest BCUT2D eigenvalue weighted by Gasteiger charge is -2.06. The zero-order valence-corrected chi connectivity index (χ0v) is 13.6. The zero-order chi connectivity index (χ0) is 15.5. The number of sulfone groups is 1. The summed E-state index contributed by atoms with van der Waals surface area (Å²) in [5.41, 5.74) is 1.18. The summed E-state index contributed by atoms with van der Waals surface area (Å²) in [4.78, 5) is 12.1. The number of ether oxygens (including phenoxy) is 1. The van der Waals surface area contributed by atoms with E-state index in [2.05, 4.69) is 15.9 Å². The Morgan fingerprint density at radius 2 is 1.81 bits per heavy atom. The van der Waals surface area contributed by atoms with Crippen molar-refractivity contribution in [3.8, 4) is 0 Å². The van der Waals surface area contributed by atoms with Crippen LogP contribution in [0, 0.1) is 0 Å². The highest BCUT2D eigenvalue weighted by Gasteiger charge is 2.11. The summed E-state index contributed by atoms with van der Waals surface area (Å²) in [7, 11) is -3.26. The Hall–Kier alpha value is -1.66. The van der Waals surface area contributed by atoms with Crippen molar-refractivity contribution in [3.05, 3.63) is 64.1 Å². The molecule has 2 rings (SSSR count). The van der Waals surface area contributed by atoms with Gasteiger partial charge in [-0.3, -0.25) is 0 Å². The van der Waals surface area contributed by atoms with Gasteiger partial charge >= 0.3 is 5.97 Å². The number of carbonyl (C=O) groups is 1. The molecule has 0 heterocycles. The van der Waals surface area contributed by atoms with Gasteiger partial charge in [0.05, 0.1) is 10.5 Å². The molecule has 0 N–H and O–H groups in total. The van der Waals surface area contributed by atoms with Crippen molar-refractivity contribution in [1.29, 1.82) is 0 Å². The van der Waals surface area contributed by atoms with Gasteiger partial charge in [-0.1, -0.05) is 28.1 Å². The summed E-state index contributed by atoms with van der Waals surface area (Å²) in [6.07, 6.45) is 1.12. The monoisotopic (exact) mass is 368 g/mol. The van der Waals surface area contributed by atoms with E-state index >= 15 is 0 Å². The Balaban J connectivity index is 2.04. The average Bonchev–Trinajstić information content (AvgIpc) is 2.44. The van der Waals surface area contributed by atoms with E-state index in [1.165, 1.54) is 24.3 Å². The van der Waals surface area contributed by atoms with E-state index in [1.54, 1.807) is 0 Å². The highest BCUT2D eigenvalue weighted by molar-refractivity contribution is 9.10. The van der Waals surface area contributed by atoms with Crippen molar-refractivity contribution >= 4 is 31.7 Å². The second kappa shape index (κ2) is 6.41. The van der Waals surface area contributed by atoms with Gasteiger partial charge in [-0.2, -0.15) is 0 Å². The van der Waals surface area contributed by atoms with E-state index in [4.69, 9.17) is 4.74 Å². The van der Waals surface area contributed by atoms with Crippen LogP contribution in [0.2, 0.25) is 0 Å². The van der Waals surface area contributed by atoms with Crippen molar-refractivity contribution in [3.63, 3.8) is 0 Å². The lowest BCUT2D eigenvalue weighted by Crippen LogP contribution is -2.06. The van der Waals surface area contributed by atoms with Gasteiger partial charge in [0.2, 0.25) is 0 Å². The van der Waals surface area contributed by atoms with Gasteiger partial charge in [-0.05, 0) is 42.0 Å². The number of hydrogen-bond acceptors (Lipinski definition) is 4. The molecule has 4 nitrogen and oxygen atoms in total. The van der Waals surface area contributed by atoms with Crippen LogP contribution in [0.1, 0.15) is 15.9 Å². The van der Waals surface area contributed by atoms with Crippen LogP contribution in [-0.4, -0.2) is 20.6 Å². The van der Waals surface area contributed by atoms with Crippen LogP contribution in [0.15, 0.2) is 57.9 Å². The molecule has 0 unspecified atom stereocenters. The number of benzene rings is 2. The molecule has 0 radical (unpaired) electrons. The van der Waals surface area contributed by atoms with Crippen molar-refractivity contribution in [1.82, 2.24) is 0 Å². The van der Waals surface area contributed by atoms with Crippen molar-refractivity contribution in [2.75, 3.05) is 6.26 Å². The highest BCUT2D eigenvalue weighted by Crippen LogP contribution is 2.14. The lowest BCUT2D eigenvalue weighted by atomic mass is 10.2. The first-order valence-corrected chi connectivity index (χ1v) is 8.76. The highest BCUT2D eigenvalue weighted by atomic mass is 79.9. The summed E-state index contributed by atoms with van der Waals surface area (Å²) in [6, 6.07) is 13.1. The van der Waals surface area contributed by atoms with Crippen LogP contribution < -0.4 is 0 Å². The fraction of sp³-hybridized carbons (Fsp3) is 0.133. The number of hydrogen-bond donors (Lipinski definition) is 0. The molecule has 0 aliphatic rings. The Morgan fingerprint density at radius 3 is 2.38 bits per heavy atom.